The Hall–Kier alpha value is -1.42. The molecule has 1 aromatic carbocycles. The Bertz CT molecular complexity index is 514. The average molecular weight is 281 g/mol. The van der Waals surface area contributed by atoms with E-state index in [2.05, 4.69) is 26.2 Å². The maximum atomic E-state index is 13.3. The van der Waals surface area contributed by atoms with Gasteiger partial charge in [0.05, 0.1) is 10.2 Å². The SMILES string of the molecule is Cc1c(F)cccc1Nc1ccncc1Br. The lowest BCUT2D eigenvalue weighted by Crippen LogP contribution is -1.96. The Morgan fingerprint density at radius 2 is 2.06 bits per heavy atom. The van der Waals surface area contributed by atoms with Crippen LogP contribution in [-0.2, 0) is 0 Å². The zero-order valence-electron chi connectivity index (χ0n) is 8.67. The Morgan fingerprint density at radius 1 is 1.25 bits per heavy atom. The van der Waals surface area contributed by atoms with Crippen LogP contribution in [0.3, 0.4) is 0 Å². The fraction of sp³-hybridized carbons (Fsp3) is 0.0833. The van der Waals surface area contributed by atoms with Crippen molar-refractivity contribution in [2.75, 3.05) is 5.32 Å². The molecule has 0 atom stereocenters. The molecule has 2 rings (SSSR count). The van der Waals surface area contributed by atoms with Crippen molar-refractivity contribution >= 4 is 27.3 Å². The molecule has 1 aromatic heterocycles. The van der Waals surface area contributed by atoms with Gasteiger partial charge in [0, 0.05) is 23.6 Å². The number of nitrogens with one attached hydrogen (secondary N) is 1. The number of aromatic nitrogens is 1. The maximum Gasteiger partial charge on any atom is 0.128 e. The molecule has 0 amide bonds. The number of benzene rings is 1. The number of nitrogens with zero attached hydrogens (tertiary/aromatic N) is 1. The Morgan fingerprint density at radius 3 is 2.81 bits per heavy atom. The third-order valence-electron chi connectivity index (χ3n) is 2.31. The van der Waals surface area contributed by atoms with E-state index in [1.807, 2.05) is 12.1 Å². The molecule has 0 aliphatic rings. The van der Waals surface area contributed by atoms with Crippen LogP contribution >= 0.6 is 15.9 Å². The summed E-state index contributed by atoms with van der Waals surface area (Å²) < 4.78 is 14.2. The van der Waals surface area contributed by atoms with E-state index >= 15 is 0 Å². The minimum atomic E-state index is -0.213. The summed E-state index contributed by atoms with van der Waals surface area (Å²) in [5.41, 5.74) is 2.22. The molecule has 0 aliphatic carbocycles. The van der Waals surface area contributed by atoms with Gasteiger partial charge < -0.3 is 5.32 Å². The lowest BCUT2D eigenvalue weighted by molar-refractivity contribution is 0.619. The second kappa shape index (κ2) is 4.61. The van der Waals surface area contributed by atoms with Gasteiger partial charge in [0.25, 0.3) is 0 Å². The van der Waals surface area contributed by atoms with Crippen LogP contribution in [0, 0.1) is 12.7 Å². The molecule has 0 radical (unpaired) electrons. The van der Waals surface area contributed by atoms with Crippen molar-refractivity contribution in [2.45, 2.75) is 6.92 Å². The highest BCUT2D eigenvalue weighted by molar-refractivity contribution is 9.10. The van der Waals surface area contributed by atoms with Crippen molar-refractivity contribution in [3.63, 3.8) is 0 Å². The van der Waals surface area contributed by atoms with Gasteiger partial charge in [-0.05, 0) is 41.1 Å². The number of anilines is 2. The second-order valence-electron chi connectivity index (χ2n) is 3.39. The van der Waals surface area contributed by atoms with Gasteiger partial charge in [-0.15, -0.1) is 0 Å². The van der Waals surface area contributed by atoms with Crippen LogP contribution in [0.25, 0.3) is 0 Å². The van der Waals surface area contributed by atoms with Crippen LogP contribution in [0.15, 0.2) is 41.1 Å². The summed E-state index contributed by atoms with van der Waals surface area (Å²) in [6, 6.07) is 6.79. The third-order valence-corrected chi connectivity index (χ3v) is 2.94. The van der Waals surface area contributed by atoms with E-state index in [0.29, 0.717) is 5.56 Å². The van der Waals surface area contributed by atoms with Gasteiger partial charge in [-0.25, -0.2) is 4.39 Å². The molecule has 1 N–H and O–H groups in total. The van der Waals surface area contributed by atoms with Crippen LogP contribution in [0.2, 0.25) is 0 Å². The first-order chi connectivity index (χ1) is 7.68. The average Bonchev–Trinajstić information content (AvgIpc) is 2.28. The van der Waals surface area contributed by atoms with Gasteiger partial charge in [0.2, 0.25) is 0 Å². The van der Waals surface area contributed by atoms with E-state index in [1.54, 1.807) is 25.4 Å². The van der Waals surface area contributed by atoms with Crippen molar-refractivity contribution < 1.29 is 4.39 Å². The van der Waals surface area contributed by atoms with Gasteiger partial charge in [-0.1, -0.05) is 6.07 Å². The van der Waals surface area contributed by atoms with E-state index in [-0.39, 0.29) is 5.82 Å². The topological polar surface area (TPSA) is 24.9 Å². The van der Waals surface area contributed by atoms with Crippen molar-refractivity contribution in [3.8, 4) is 0 Å². The first-order valence-corrected chi connectivity index (χ1v) is 5.59. The predicted molar refractivity (Wildman–Crippen MR) is 66.4 cm³/mol. The third kappa shape index (κ3) is 2.22. The number of halogens is 2. The lowest BCUT2D eigenvalue weighted by Gasteiger charge is -2.10. The predicted octanol–water partition coefficient (Wildman–Crippen LogP) is 4.04. The highest BCUT2D eigenvalue weighted by atomic mass is 79.9. The molecule has 0 spiro atoms. The summed E-state index contributed by atoms with van der Waals surface area (Å²) in [5, 5.41) is 3.15. The highest BCUT2D eigenvalue weighted by Crippen LogP contribution is 2.27. The quantitative estimate of drug-likeness (QED) is 0.898. The molecule has 1 heterocycles. The molecule has 82 valence electrons. The number of rotatable bonds is 2. The normalized spacial score (nSPS) is 10.2. The van der Waals surface area contributed by atoms with Crippen molar-refractivity contribution in [1.29, 1.82) is 0 Å². The molecule has 0 unspecified atom stereocenters. The fourth-order valence-electron chi connectivity index (χ4n) is 1.36. The van der Waals surface area contributed by atoms with E-state index < -0.39 is 0 Å². The van der Waals surface area contributed by atoms with Gasteiger partial charge in [-0.3, -0.25) is 4.98 Å². The Labute approximate surface area is 102 Å². The van der Waals surface area contributed by atoms with Crippen LogP contribution in [0.5, 0.6) is 0 Å². The zero-order chi connectivity index (χ0) is 11.5. The monoisotopic (exact) mass is 280 g/mol. The molecule has 0 saturated carbocycles. The van der Waals surface area contributed by atoms with Crippen LogP contribution in [0.4, 0.5) is 15.8 Å². The Kier molecular flexibility index (Phi) is 3.19. The molecule has 0 fully saturated rings. The fourth-order valence-corrected chi connectivity index (χ4v) is 1.71. The summed E-state index contributed by atoms with van der Waals surface area (Å²) in [4.78, 5) is 3.97. The van der Waals surface area contributed by atoms with E-state index in [1.165, 1.54) is 6.07 Å². The molecule has 2 aromatic rings. The summed E-state index contributed by atoms with van der Waals surface area (Å²) in [7, 11) is 0. The molecule has 4 heteroatoms. The van der Waals surface area contributed by atoms with Gasteiger partial charge in [-0.2, -0.15) is 0 Å². The zero-order valence-corrected chi connectivity index (χ0v) is 10.3. The largest absolute Gasteiger partial charge is 0.354 e. The van der Waals surface area contributed by atoms with E-state index in [4.69, 9.17) is 0 Å². The lowest BCUT2D eigenvalue weighted by atomic mass is 10.2. The van der Waals surface area contributed by atoms with E-state index in [9.17, 15) is 4.39 Å². The molecule has 0 saturated heterocycles. The number of hydrogen-bond acceptors (Lipinski definition) is 2. The summed E-state index contributed by atoms with van der Waals surface area (Å²) in [5.74, 6) is -0.213. The minimum Gasteiger partial charge on any atom is -0.354 e. The molecule has 16 heavy (non-hydrogen) atoms. The Balaban J connectivity index is 2.35. The van der Waals surface area contributed by atoms with Gasteiger partial charge >= 0.3 is 0 Å². The van der Waals surface area contributed by atoms with Gasteiger partial charge in [0.1, 0.15) is 5.82 Å². The molecular formula is C12H10BrFN2. The van der Waals surface area contributed by atoms with Crippen LogP contribution < -0.4 is 5.32 Å². The standard InChI is InChI=1S/C12H10BrFN2/c1-8-10(14)3-2-4-11(8)16-12-5-6-15-7-9(12)13/h2-7H,1H3,(H,15,16). The van der Waals surface area contributed by atoms with Crippen molar-refractivity contribution in [3.05, 3.63) is 52.5 Å². The first kappa shape index (κ1) is 11.1. The number of pyridine rings is 1. The second-order valence-corrected chi connectivity index (χ2v) is 4.25. The minimum absolute atomic E-state index is 0.213. The molecule has 0 aliphatic heterocycles. The first-order valence-electron chi connectivity index (χ1n) is 4.80. The summed E-state index contributed by atoms with van der Waals surface area (Å²) in [6.45, 7) is 1.74. The maximum absolute atomic E-state index is 13.3. The van der Waals surface area contributed by atoms with Crippen molar-refractivity contribution in [1.82, 2.24) is 4.98 Å². The van der Waals surface area contributed by atoms with Gasteiger partial charge in [0.15, 0.2) is 0 Å². The van der Waals surface area contributed by atoms with Crippen LogP contribution in [-0.4, -0.2) is 4.98 Å². The molecule has 2 nitrogen and oxygen atoms in total. The highest BCUT2D eigenvalue weighted by Gasteiger charge is 2.05. The number of hydrogen-bond donors (Lipinski definition) is 1. The van der Waals surface area contributed by atoms with Crippen LogP contribution in [0.1, 0.15) is 5.56 Å². The molecule has 0 bridgehead atoms. The van der Waals surface area contributed by atoms with E-state index in [0.717, 1.165) is 15.8 Å². The molecular weight excluding hydrogens is 271 g/mol. The van der Waals surface area contributed by atoms with Crippen molar-refractivity contribution in [2.24, 2.45) is 0 Å². The summed E-state index contributed by atoms with van der Waals surface area (Å²) in [6.07, 6.45) is 3.37. The summed E-state index contributed by atoms with van der Waals surface area (Å²) >= 11 is 3.38. The smallest absolute Gasteiger partial charge is 0.128 e.